The van der Waals surface area contributed by atoms with Gasteiger partial charge in [0.1, 0.15) is 24.2 Å². The van der Waals surface area contributed by atoms with Crippen molar-refractivity contribution in [1.29, 1.82) is 0 Å². The molecule has 0 aromatic rings. The third-order valence-corrected chi connectivity index (χ3v) is 0.461. The van der Waals surface area contributed by atoms with E-state index in [0.29, 0.717) is 0 Å². The Hall–Kier alpha value is -0.860. The van der Waals surface area contributed by atoms with Crippen molar-refractivity contribution in [3.63, 3.8) is 0 Å². The van der Waals surface area contributed by atoms with Gasteiger partial charge in [-0.1, -0.05) is 0 Å². The van der Waals surface area contributed by atoms with Crippen molar-refractivity contribution in [2.45, 2.75) is 13.8 Å². The standard InChI is InChI=1S/C6H8F2O/c1-5(7)3-9-4-6(2)8/h3-4H,1-2H3. The minimum atomic E-state index is -0.493. The Bertz CT molecular complexity index is 114. The molecule has 3 heteroatoms. The zero-order chi connectivity index (χ0) is 7.28. The largest absolute Gasteiger partial charge is 0.467 e. The SMILES string of the molecule is CC(F)=COC=C(C)F. The minimum Gasteiger partial charge on any atom is -0.467 e. The minimum absolute atomic E-state index is 0.493. The molecular formula is C6H8F2O. The summed E-state index contributed by atoms with van der Waals surface area (Å²) in [4.78, 5) is 0. The van der Waals surface area contributed by atoms with E-state index in [2.05, 4.69) is 4.74 Å². The quantitative estimate of drug-likeness (QED) is 0.527. The molecule has 0 saturated carbocycles. The van der Waals surface area contributed by atoms with Crippen molar-refractivity contribution in [1.82, 2.24) is 0 Å². The Morgan fingerprint density at radius 1 is 1.11 bits per heavy atom. The molecule has 0 fully saturated rings. The first-order valence-corrected chi connectivity index (χ1v) is 2.43. The van der Waals surface area contributed by atoms with Gasteiger partial charge >= 0.3 is 0 Å². The normalized spacial score (nSPS) is 13.8. The molecule has 0 aromatic heterocycles. The molecule has 9 heavy (non-hydrogen) atoms. The fourth-order valence-electron chi connectivity index (χ4n) is 0.222. The van der Waals surface area contributed by atoms with E-state index in [4.69, 9.17) is 0 Å². The molecule has 0 bridgehead atoms. The van der Waals surface area contributed by atoms with Crippen LogP contribution in [-0.2, 0) is 4.74 Å². The van der Waals surface area contributed by atoms with E-state index in [1.54, 1.807) is 0 Å². The van der Waals surface area contributed by atoms with Gasteiger partial charge in [0.05, 0.1) is 0 Å². The lowest BCUT2D eigenvalue weighted by Crippen LogP contribution is -1.69. The number of ether oxygens (including phenoxy) is 1. The van der Waals surface area contributed by atoms with Crippen LogP contribution in [0.2, 0.25) is 0 Å². The van der Waals surface area contributed by atoms with Crippen LogP contribution < -0.4 is 0 Å². The predicted molar refractivity (Wildman–Crippen MR) is 30.8 cm³/mol. The molecule has 0 unspecified atom stereocenters. The first-order valence-electron chi connectivity index (χ1n) is 2.43. The van der Waals surface area contributed by atoms with Crippen LogP contribution in [0.4, 0.5) is 8.78 Å². The Balaban J connectivity index is 3.53. The molecule has 0 N–H and O–H groups in total. The second-order valence-electron chi connectivity index (χ2n) is 1.55. The van der Waals surface area contributed by atoms with Gasteiger partial charge in [0.25, 0.3) is 0 Å². The summed E-state index contributed by atoms with van der Waals surface area (Å²) in [5.74, 6) is -0.986. The Kier molecular flexibility index (Phi) is 3.67. The van der Waals surface area contributed by atoms with Gasteiger partial charge in [0, 0.05) is 0 Å². The molecule has 0 radical (unpaired) electrons. The van der Waals surface area contributed by atoms with Crippen LogP contribution in [0.3, 0.4) is 0 Å². The summed E-state index contributed by atoms with van der Waals surface area (Å²) in [7, 11) is 0. The molecule has 0 rings (SSSR count). The highest BCUT2D eigenvalue weighted by molar-refractivity contribution is 4.84. The highest BCUT2D eigenvalue weighted by atomic mass is 19.1. The summed E-state index contributed by atoms with van der Waals surface area (Å²) in [5, 5.41) is 0. The van der Waals surface area contributed by atoms with Crippen molar-refractivity contribution in [2.75, 3.05) is 0 Å². The van der Waals surface area contributed by atoms with E-state index in [9.17, 15) is 8.78 Å². The van der Waals surface area contributed by atoms with Gasteiger partial charge < -0.3 is 4.74 Å². The van der Waals surface area contributed by atoms with Gasteiger partial charge in [0.15, 0.2) is 0 Å². The summed E-state index contributed by atoms with van der Waals surface area (Å²) in [6.45, 7) is 2.42. The van der Waals surface area contributed by atoms with E-state index in [-0.39, 0.29) is 0 Å². The highest BCUT2D eigenvalue weighted by Crippen LogP contribution is 1.97. The molecule has 0 heterocycles. The maximum absolute atomic E-state index is 11.7. The maximum atomic E-state index is 11.7. The monoisotopic (exact) mass is 134 g/mol. The topological polar surface area (TPSA) is 9.23 Å². The van der Waals surface area contributed by atoms with Gasteiger partial charge in [0.2, 0.25) is 0 Å². The Morgan fingerprint density at radius 3 is 1.67 bits per heavy atom. The molecule has 0 aliphatic rings. The maximum Gasteiger partial charge on any atom is 0.132 e. The lowest BCUT2D eigenvalue weighted by Gasteiger charge is -1.87. The van der Waals surface area contributed by atoms with Crippen LogP contribution in [0.5, 0.6) is 0 Å². The Labute approximate surface area is 52.6 Å². The predicted octanol–water partition coefficient (Wildman–Crippen LogP) is 2.66. The van der Waals surface area contributed by atoms with Gasteiger partial charge in [-0.15, -0.1) is 0 Å². The second kappa shape index (κ2) is 4.06. The number of halogens is 2. The highest BCUT2D eigenvalue weighted by Gasteiger charge is 1.81. The van der Waals surface area contributed by atoms with E-state index in [1.807, 2.05) is 0 Å². The number of hydrogen-bond donors (Lipinski definition) is 0. The Morgan fingerprint density at radius 2 is 1.44 bits per heavy atom. The van der Waals surface area contributed by atoms with Crippen molar-refractivity contribution in [3.05, 3.63) is 24.2 Å². The van der Waals surface area contributed by atoms with E-state index in [0.717, 1.165) is 12.5 Å². The molecule has 52 valence electrons. The van der Waals surface area contributed by atoms with Gasteiger partial charge in [-0.3, -0.25) is 0 Å². The summed E-state index contributed by atoms with van der Waals surface area (Å²) >= 11 is 0. The lowest BCUT2D eigenvalue weighted by molar-refractivity contribution is 0.365. The number of allylic oxidation sites excluding steroid dienone is 2. The molecule has 0 amide bonds. The molecule has 0 atom stereocenters. The molecule has 0 aliphatic carbocycles. The molecule has 0 spiro atoms. The smallest absolute Gasteiger partial charge is 0.132 e. The third kappa shape index (κ3) is 7.14. The summed E-state index contributed by atoms with van der Waals surface area (Å²) < 4.78 is 27.8. The van der Waals surface area contributed by atoms with Crippen LogP contribution in [0.1, 0.15) is 13.8 Å². The van der Waals surface area contributed by atoms with Crippen molar-refractivity contribution in [3.8, 4) is 0 Å². The first kappa shape index (κ1) is 8.14. The van der Waals surface area contributed by atoms with E-state index < -0.39 is 11.7 Å². The fourth-order valence-corrected chi connectivity index (χ4v) is 0.222. The zero-order valence-electron chi connectivity index (χ0n) is 5.32. The van der Waals surface area contributed by atoms with Crippen LogP contribution in [0.15, 0.2) is 24.2 Å². The zero-order valence-corrected chi connectivity index (χ0v) is 5.32. The average Bonchev–Trinajstić information content (AvgIpc) is 1.63. The fraction of sp³-hybridized carbons (Fsp3) is 0.333. The first-order chi connectivity index (χ1) is 4.13. The average molecular weight is 134 g/mol. The van der Waals surface area contributed by atoms with Crippen molar-refractivity contribution < 1.29 is 13.5 Å². The van der Waals surface area contributed by atoms with Crippen LogP contribution in [-0.4, -0.2) is 0 Å². The van der Waals surface area contributed by atoms with Gasteiger partial charge in [-0.2, -0.15) is 0 Å². The molecule has 0 aromatic carbocycles. The molecule has 0 saturated heterocycles. The van der Waals surface area contributed by atoms with Crippen molar-refractivity contribution in [2.24, 2.45) is 0 Å². The van der Waals surface area contributed by atoms with Gasteiger partial charge in [-0.05, 0) is 13.8 Å². The van der Waals surface area contributed by atoms with Crippen molar-refractivity contribution >= 4 is 0 Å². The van der Waals surface area contributed by atoms with Gasteiger partial charge in [-0.25, -0.2) is 8.78 Å². The summed E-state index contributed by atoms with van der Waals surface area (Å²) in [5.41, 5.74) is 0. The third-order valence-electron chi connectivity index (χ3n) is 0.461. The second-order valence-corrected chi connectivity index (χ2v) is 1.55. The number of hydrogen-bond acceptors (Lipinski definition) is 1. The van der Waals surface area contributed by atoms with Crippen LogP contribution >= 0.6 is 0 Å². The summed E-state index contributed by atoms with van der Waals surface area (Å²) in [6, 6.07) is 0. The molecule has 1 nitrogen and oxygen atoms in total. The van der Waals surface area contributed by atoms with E-state index >= 15 is 0 Å². The number of rotatable bonds is 2. The van der Waals surface area contributed by atoms with Crippen LogP contribution in [0, 0.1) is 0 Å². The van der Waals surface area contributed by atoms with E-state index in [1.165, 1.54) is 13.8 Å². The molecular weight excluding hydrogens is 126 g/mol. The molecule has 0 aliphatic heterocycles. The van der Waals surface area contributed by atoms with Crippen LogP contribution in [0.25, 0.3) is 0 Å². The lowest BCUT2D eigenvalue weighted by atomic mass is 10.7. The summed E-state index contributed by atoms with van der Waals surface area (Å²) in [6.07, 6.45) is 1.64.